The Bertz CT molecular complexity index is 1460. The third-order valence-corrected chi connectivity index (χ3v) is 4.85. The molecule has 1 aromatic carbocycles. The van der Waals surface area contributed by atoms with Crippen molar-refractivity contribution < 1.29 is 4.74 Å². The second-order valence-corrected chi connectivity index (χ2v) is 6.81. The van der Waals surface area contributed by atoms with E-state index in [0.29, 0.717) is 34.3 Å². The second-order valence-electron chi connectivity index (χ2n) is 6.81. The van der Waals surface area contributed by atoms with Crippen LogP contribution in [0.5, 0.6) is 11.6 Å². The third kappa shape index (κ3) is 3.29. The summed E-state index contributed by atoms with van der Waals surface area (Å²) in [6, 6.07) is 16.2. The number of nitrogens with one attached hydrogen (secondary N) is 1. The van der Waals surface area contributed by atoms with E-state index in [0.717, 1.165) is 5.69 Å². The first-order valence-electron chi connectivity index (χ1n) is 9.73. The molecular formula is C22H18N8O2. The SMILES string of the molecule is CNc1cccc(-n2c(=O)n(-c3ccc(Oc4ccccn4)cn3)c3c(N)ncnc32)c1. The third-order valence-electron chi connectivity index (χ3n) is 4.85. The Morgan fingerprint density at radius 1 is 0.969 bits per heavy atom. The van der Waals surface area contributed by atoms with Crippen LogP contribution in [0, 0.1) is 0 Å². The highest BCUT2D eigenvalue weighted by atomic mass is 16.5. The number of anilines is 2. The molecule has 4 aromatic heterocycles. The van der Waals surface area contributed by atoms with Gasteiger partial charge in [0.15, 0.2) is 11.5 Å². The highest BCUT2D eigenvalue weighted by molar-refractivity contribution is 5.85. The average Bonchev–Trinajstić information content (AvgIpc) is 3.13. The summed E-state index contributed by atoms with van der Waals surface area (Å²) >= 11 is 0. The van der Waals surface area contributed by atoms with Crippen LogP contribution in [0.2, 0.25) is 0 Å². The number of hydrogen-bond donors (Lipinski definition) is 2. The topological polar surface area (TPSA) is 126 Å². The highest BCUT2D eigenvalue weighted by Gasteiger charge is 2.21. The first-order valence-corrected chi connectivity index (χ1v) is 9.73. The van der Waals surface area contributed by atoms with Gasteiger partial charge in [-0.05, 0) is 36.4 Å². The number of hydrogen-bond acceptors (Lipinski definition) is 8. The van der Waals surface area contributed by atoms with Crippen LogP contribution >= 0.6 is 0 Å². The Morgan fingerprint density at radius 3 is 2.62 bits per heavy atom. The van der Waals surface area contributed by atoms with Crippen LogP contribution in [0.4, 0.5) is 11.5 Å². The van der Waals surface area contributed by atoms with Gasteiger partial charge in [0.1, 0.15) is 23.4 Å². The van der Waals surface area contributed by atoms with Crippen molar-refractivity contribution in [1.82, 2.24) is 29.1 Å². The quantitative estimate of drug-likeness (QED) is 0.439. The maximum atomic E-state index is 13.5. The van der Waals surface area contributed by atoms with E-state index in [9.17, 15) is 4.79 Å². The molecule has 0 spiro atoms. The monoisotopic (exact) mass is 426 g/mol. The zero-order valence-corrected chi connectivity index (χ0v) is 17.0. The molecule has 0 aliphatic carbocycles. The van der Waals surface area contributed by atoms with Crippen LogP contribution in [0.25, 0.3) is 22.7 Å². The van der Waals surface area contributed by atoms with Gasteiger partial charge in [-0.3, -0.25) is 0 Å². The number of ether oxygens (including phenoxy) is 1. The number of nitrogen functional groups attached to an aromatic ring is 1. The molecule has 0 aliphatic rings. The molecule has 0 atom stereocenters. The number of rotatable bonds is 5. The van der Waals surface area contributed by atoms with Gasteiger partial charge in [-0.15, -0.1) is 0 Å². The minimum atomic E-state index is -0.369. The molecule has 10 heteroatoms. The standard InChI is InChI=1S/C22H18N8O2/c1-24-14-5-4-6-15(11-14)29-21-19(20(23)27-13-28-21)30(22(29)31)17-9-8-16(12-26-17)32-18-7-2-3-10-25-18/h2-13,24H,1H3,(H2,23,27,28). The van der Waals surface area contributed by atoms with Gasteiger partial charge in [0.2, 0.25) is 5.88 Å². The normalized spacial score (nSPS) is 10.9. The Kier molecular flexibility index (Phi) is 4.71. The predicted octanol–water partition coefficient (Wildman–Crippen LogP) is 2.78. The number of benzene rings is 1. The van der Waals surface area contributed by atoms with Gasteiger partial charge in [-0.2, -0.15) is 0 Å². The number of nitrogens with two attached hydrogens (primary N) is 1. The lowest BCUT2D eigenvalue weighted by molar-refractivity contribution is 0.460. The summed E-state index contributed by atoms with van der Waals surface area (Å²) in [5.74, 6) is 1.46. The average molecular weight is 426 g/mol. The van der Waals surface area contributed by atoms with Crippen LogP contribution in [-0.4, -0.2) is 36.1 Å². The Morgan fingerprint density at radius 2 is 1.88 bits per heavy atom. The lowest BCUT2D eigenvalue weighted by Crippen LogP contribution is -2.23. The summed E-state index contributed by atoms with van der Waals surface area (Å²) in [5.41, 5.74) is 8.02. The zero-order chi connectivity index (χ0) is 22.1. The summed E-state index contributed by atoms with van der Waals surface area (Å²) in [7, 11) is 1.81. The van der Waals surface area contributed by atoms with Crippen molar-refractivity contribution in [2.45, 2.75) is 0 Å². The maximum Gasteiger partial charge on any atom is 0.340 e. The molecule has 0 saturated carbocycles. The van der Waals surface area contributed by atoms with Crippen LogP contribution in [0.3, 0.4) is 0 Å². The van der Waals surface area contributed by atoms with Crippen LogP contribution in [0.15, 0.2) is 78.1 Å². The van der Waals surface area contributed by atoms with Crippen molar-refractivity contribution in [2.75, 3.05) is 18.1 Å². The van der Waals surface area contributed by atoms with E-state index in [-0.39, 0.29) is 11.5 Å². The van der Waals surface area contributed by atoms with Gasteiger partial charge in [-0.1, -0.05) is 12.1 Å². The van der Waals surface area contributed by atoms with Gasteiger partial charge >= 0.3 is 5.69 Å². The van der Waals surface area contributed by atoms with E-state index < -0.39 is 0 Å². The summed E-state index contributed by atoms with van der Waals surface area (Å²) in [6.45, 7) is 0. The van der Waals surface area contributed by atoms with Gasteiger partial charge < -0.3 is 15.8 Å². The molecule has 3 N–H and O–H groups in total. The first kappa shape index (κ1) is 19.2. The maximum absolute atomic E-state index is 13.5. The molecule has 10 nitrogen and oxygen atoms in total. The molecule has 5 aromatic rings. The van der Waals surface area contributed by atoms with Crippen molar-refractivity contribution in [3.63, 3.8) is 0 Å². The fraction of sp³-hybridized carbons (Fsp3) is 0.0455. The molecule has 0 unspecified atom stereocenters. The summed E-state index contributed by atoms with van der Waals surface area (Å²) in [6.07, 6.45) is 4.48. The van der Waals surface area contributed by atoms with Gasteiger partial charge in [-0.25, -0.2) is 33.9 Å². The van der Waals surface area contributed by atoms with E-state index >= 15 is 0 Å². The second kappa shape index (κ2) is 7.84. The molecule has 0 fully saturated rings. The van der Waals surface area contributed by atoms with Crippen molar-refractivity contribution in [1.29, 1.82) is 0 Å². The van der Waals surface area contributed by atoms with E-state index in [4.69, 9.17) is 10.5 Å². The predicted molar refractivity (Wildman–Crippen MR) is 121 cm³/mol. The van der Waals surface area contributed by atoms with E-state index in [1.54, 1.807) is 30.5 Å². The van der Waals surface area contributed by atoms with Crippen LogP contribution in [0.1, 0.15) is 0 Å². The van der Waals surface area contributed by atoms with Gasteiger partial charge in [0.25, 0.3) is 0 Å². The molecule has 4 heterocycles. The number of nitrogens with zero attached hydrogens (tertiary/aromatic N) is 6. The molecule has 5 rings (SSSR count). The molecular weight excluding hydrogens is 408 g/mol. The van der Waals surface area contributed by atoms with Crippen molar-refractivity contribution in [3.05, 3.63) is 83.8 Å². The number of imidazole rings is 1. The Hall–Kier alpha value is -4.73. The lowest BCUT2D eigenvalue weighted by atomic mass is 10.2. The van der Waals surface area contributed by atoms with Crippen LogP contribution in [-0.2, 0) is 0 Å². The minimum Gasteiger partial charge on any atom is -0.437 e. The molecule has 158 valence electrons. The van der Waals surface area contributed by atoms with E-state index in [1.807, 2.05) is 37.4 Å². The summed E-state index contributed by atoms with van der Waals surface area (Å²) < 4.78 is 8.56. The molecule has 0 saturated heterocycles. The lowest BCUT2D eigenvalue weighted by Gasteiger charge is -2.06. The van der Waals surface area contributed by atoms with Gasteiger partial charge in [0, 0.05) is 25.0 Å². The number of fused-ring (bicyclic) bond motifs is 1. The van der Waals surface area contributed by atoms with E-state index in [2.05, 4.69) is 25.3 Å². The zero-order valence-electron chi connectivity index (χ0n) is 17.0. The smallest absolute Gasteiger partial charge is 0.340 e. The molecule has 0 amide bonds. The molecule has 0 bridgehead atoms. The van der Waals surface area contributed by atoms with Gasteiger partial charge in [0.05, 0.1) is 11.9 Å². The summed E-state index contributed by atoms with van der Waals surface area (Å²) in [5, 5.41) is 3.07. The molecule has 0 radical (unpaired) electrons. The van der Waals surface area contributed by atoms with Crippen LogP contribution < -0.4 is 21.5 Å². The number of pyridine rings is 2. The largest absolute Gasteiger partial charge is 0.437 e. The Balaban J connectivity index is 1.65. The van der Waals surface area contributed by atoms with Crippen molar-refractivity contribution in [2.24, 2.45) is 0 Å². The number of aromatic nitrogens is 6. The Labute approximate surface area is 182 Å². The highest BCUT2D eigenvalue weighted by Crippen LogP contribution is 2.24. The fourth-order valence-electron chi connectivity index (χ4n) is 3.39. The van der Waals surface area contributed by atoms with E-state index in [1.165, 1.54) is 21.7 Å². The first-order chi connectivity index (χ1) is 15.7. The minimum absolute atomic E-state index is 0.172. The van der Waals surface area contributed by atoms with Crippen molar-refractivity contribution in [3.8, 4) is 23.1 Å². The summed E-state index contributed by atoms with van der Waals surface area (Å²) in [4.78, 5) is 30.4. The van der Waals surface area contributed by atoms with Crippen molar-refractivity contribution >= 4 is 22.7 Å². The molecule has 0 aliphatic heterocycles. The molecule has 32 heavy (non-hydrogen) atoms. The fourth-order valence-corrected chi connectivity index (χ4v) is 3.39.